The first-order valence-electron chi connectivity index (χ1n) is 18.5. The molecular formula is C51H34N4. The zero-order valence-electron chi connectivity index (χ0n) is 29.9. The molecule has 0 atom stereocenters. The van der Waals surface area contributed by atoms with Crippen LogP contribution in [0.3, 0.4) is 0 Å². The van der Waals surface area contributed by atoms with Gasteiger partial charge in [-0.15, -0.1) is 0 Å². The molecule has 0 aliphatic carbocycles. The minimum Gasteiger partial charge on any atom is -0.309 e. The van der Waals surface area contributed by atoms with Gasteiger partial charge in [0.25, 0.3) is 0 Å². The Bertz CT molecular complexity index is 2900. The van der Waals surface area contributed by atoms with Gasteiger partial charge in [0.2, 0.25) is 0 Å². The zero-order chi connectivity index (χ0) is 36.6. The molecule has 10 aromatic rings. The summed E-state index contributed by atoms with van der Waals surface area (Å²) in [7, 11) is 0. The monoisotopic (exact) mass is 702 g/mol. The average Bonchev–Trinajstić information content (AvgIpc) is 3.61. The van der Waals surface area contributed by atoms with Crippen LogP contribution >= 0.6 is 0 Å². The first kappa shape index (κ1) is 32.2. The number of aromatic nitrogens is 4. The maximum absolute atomic E-state index is 5.07. The second-order valence-electron chi connectivity index (χ2n) is 13.7. The van der Waals surface area contributed by atoms with Crippen LogP contribution in [0.5, 0.6) is 0 Å². The van der Waals surface area contributed by atoms with Gasteiger partial charge in [0, 0.05) is 33.2 Å². The topological polar surface area (TPSA) is 43.6 Å². The fourth-order valence-electron chi connectivity index (χ4n) is 7.62. The normalized spacial score (nSPS) is 11.3. The maximum Gasteiger partial charge on any atom is 0.164 e. The fourth-order valence-corrected chi connectivity index (χ4v) is 7.62. The minimum absolute atomic E-state index is 0.629. The van der Waals surface area contributed by atoms with Gasteiger partial charge < -0.3 is 4.57 Å². The SMILES string of the molecule is c1ccc(-c2cccc(-c3cc(-c4cccc(-c5nc(-c6ccccc6)nc(-c6ccccc6)n5)c4)c4c5ccccc5n(-c5ccccc5)c4c3)c2)cc1. The number of hydrogen-bond acceptors (Lipinski definition) is 3. The Morgan fingerprint density at radius 1 is 0.291 bits per heavy atom. The number of benzene rings is 8. The highest BCUT2D eigenvalue weighted by atomic mass is 15.0. The molecule has 0 aliphatic heterocycles. The van der Waals surface area contributed by atoms with Gasteiger partial charge in [-0.2, -0.15) is 0 Å². The third kappa shape index (κ3) is 6.06. The summed E-state index contributed by atoms with van der Waals surface area (Å²) in [6.07, 6.45) is 0. The zero-order valence-corrected chi connectivity index (χ0v) is 29.9. The van der Waals surface area contributed by atoms with Gasteiger partial charge in [0.15, 0.2) is 17.5 Å². The van der Waals surface area contributed by atoms with E-state index in [9.17, 15) is 0 Å². The molecule has 0 aliphatic rings. The molecule has 258 valence electrons. The van der Waals surface area contributed by atoms with Crippen molar-refractivity contribution in [3.63, 3.8) is 0 Å². The molecule has 4 nitrogen and oxygen atoms in total. The standard InChI is InChI=1S/C51H34N4/c1-5-17-35(18-6-1)38-23-15-24-39(31-38)42-33-45(48-44-29-13-14-30-46(44)55(47(48)34-42)43-27-11-4-12-28-43)40-25-16-26-41(32-40)51-53-49(36-19-7-2-8-20-36)52-50(54-51)37-21-9-3-10-22-37/h1-34H. The molecule has 10 rings (SSSR count). The quantitative estimate of drug-likeness (QED) is 0.166. The maximum atomic E-state index is 5.07. The third-order valence-electron chi connectivity index (χ3n) is 10.2. The van der Waals surface area contributed by atoms with E-state index in [-0.39, 0.29) is 0 Å². The van der Waals surface area contributed by atoms with Crippen molar-refractivity contribution in [1.82, 2.24) is 19.5 Å². The lowest BCUT2D eigenvalue weighted by molar-refractivity contribution is 1.07. The lowest BCUT2D eigenvalue weighted by Gasteiger charge is -2.14. The van der Waals surface area contributed by atoms with Gasteiger partial charge in [0.1, 0.15) is 0 Å². The summed E-state index contributed by atoms with van der Waals surface area (Å²) in [4.78, 5) is 15.1. The van der Waals surface area contributed by atoms with Crippen LogP contribution in [0, 0.1) is 0 Å². The predicted molar refractivity (Wildman–Crippen MR) is 227 cm³/mol. The molecule has 2 aromatic heterocycles. The molecule has 0 radical (unpaired) electrons. The van der Waals surface area contributed by atoms with Crippen molar-refractivity contribution in [3.05, 3.63) is 206 Å². The van der Waals surface area contributed by atoms with E-state index in [1.165, 1.54) is 21.9 Å². The molecule has 0 saturated heterocycles. The summed E-state index contributed by atoms with van der Waals surface area (Å²) in [5, 5.41) is 2.40. The van der Waals surface area contributed by atoms with Crippen LogP contribution in [0.4, 0.5) is 0 Å². The van der Waals surface area contributed by atoms with Crippen molar-refractivity contribution in [2.45, 2.75) is 0 Å². The van der Waals surface area contributed by atoms with Crippen LogP contribution in [-0.4, -0.2) is 19.5 Å². The van der Waals surface area contributed by atoms with Gasteiger partial charge >= 0.3 is 0 Å². The van der Waals surface area contributed by atoms with Crippen molar-refractivity contribution in [2.75, 3.05) is 0 Å². The van der Waals surface area contributed by atoms with E-state index in [4.69, 9.17) is 15.0 Å². The highest BCUT2D eigenvalue weighted by Gasteiger charge is 2.20. The summed E-state index contributed by atoms with van der Waals surface area (Å²) < 4.78 is 2.40. The summed E-state index contributed by atoms with van der Waals surface area (Å²) in [5.74, 6) is 1.91. The fraction of sp³-hybridized carbons (Fsp3) is 0. The van der Waals surface area contributed by atoms with Crippen molar-refractivity contribution in [3.8, 4) is 73.2 Å². The Kier molecular flexibility index (Phi) is 8.12. The van der Waals surface area contributed by atoms with E-state index in [0.29, 0.717) is 17.5 Å². The molecule has 0 unspecified atom stereocenters. The van der Waals surface area contributed by atoms with E-state index in [0.717, 1.165) is 55.7 Å². The Morgan fingerprint density at radius 3 is 1.38 bits per heavy atom. The Hall–Kier alpha value is -7.43. The number of rotatable bonds is 7. The first-order valence-corrected chi connectivity index (χ1v) is 18.5. The van der Waals surface area contributed by atoms with E-state index in [2.05, 4.69) is 150 Å². The highest BCUT2D eigenvalue weighted by molar-refractivity contribution is 6.17. The minimum atomic E-state index is 0.629. The molecular weight excluding hydrogens is 669 g/mol. The van der Waals surface area contributed by atoms with Gasteiger partial charge in [-0.1, -0.05) is 164 Å². The molecule has 55 heavy (non-hydrogen) atoms. The van der Waals surface area contributed by atoms with Gasteiger partial charge in [-0.05, 0) is 75.8 Å². The molecule has 0 amide bonds. The molecule has 4 heteroatoms. The Labute approximate surface area is 319 Å². The number of para-hydroxylation sites is 2. The summed E-state index contributed by atoms with van der Waals surface area (Å²) >= 11 is 0. The van der Waals surface area contributed by atoms with Crippen LogP contribution in [-0.2, 0) is 0 Å². The summed E-state index contributed by atoms with van der Waals surface area (Å²) in [6.45, 7) is 0. The molecule has 8 aromatic carbocycles. The number of fused-ring (bicyclic) bond motifs is 3. The predicted octanol–water partition coefficient (Wildman–Crippen LogP) is 13.0. The lowest BCUT2D eigenvalue weighted by Crippen LogP contribution is -2.00. The van der Waals surface area contributed by atoms with Crippen LogP contribution in [0.25, 0.3) is 95.0 Å². The largest absolute Gasteiger partial charge is 0.309 e. The van der Waals surface area contributed by atoms with Crippen LogP contribution in [0.15, 0.2) is 206 Å². The molecule has 0 spiro atoms. The first-order chi connectivity index (χ1) is 27.3. The van der Waals surface area contributed by atoms with Gasteiger partial charge in [-0.3, -0.25) is 0 Å². The molecule has 0 fully saturated rings. The third-order valence-corrected chi connectivity index (χ3v) is 10.2. The summed E-state index contributed by atoms with van der Waals surface area (Å²) in [5.41, 5.74) is 13.1. The van der Waals surface area contributed by atoms with Crippen molar-refractivity contribution < 1.29 is 0 Å². The van der Waals surface area contributed by atoms with Gasteiger partial charge in [-0.25, -0.2) is 15.0 Å². The van der Waals surface area contributed by atoms with Crippen molar-refractivity contribution >= 4 is 21.8 Å². The molecule has 2 heterocycles. The number of hydrogen-bond donors (Lipinski definition) is 0. The van der Waals surface area contributed by atoms with Gasteiger partial charge in [0.05, 0.1) is 11.0 Å². The second kappa shape index (κ2) is 13.8. The molecule has 0 N–H and O–H groups in total. The molecule has 0 bridgehead atoms. The summed E-state index contributed by atoms with van der Waals surface area (Å²) in [6, 6.07) is 72.4. The number of nitrogens with zero attached hydrogens (tertiary/aromatic N) is 4. The Morgan fingerprint density at radius 2 is 0.745 bits per heavy atom. The highest BCUT2D eigenvalue weighted by Crippen LogP contribution is 2.42. The Balaban J connectivity index is 1.22. The van der Waals surface area contributed by atoms with E-state index in [1.807, 2.05) is 60.7 Å². The van der Waals surface area contributed by atoms with Crippen LogP contribution in [0.1, 0.15) is 0 Å². The average molecular weight is 703 g/mol. The smallest absolute Gasteiger partial charge is 0.164 e. The van der Waals surface area contributed by atoms with E-state index < -0.39 is 0 Å². The van der Waals surface area contributed by atoms with E-state index in [1.54, 1.807) is 0 Å². The lowest BCUT2D eigenvalue weighted by atomic mass is 9.92. The van der Waals surface area contributed by atoms with Crippen molar-refractivity contribution in [2.24, 2.45) is 0 Å². The van der Waals surface area contributed by atoms with Crippen LogP contribution in [0.2, 0.25) is 0 Å². The van der Waals surface area contributed by atoms with Crippen molar-refractivity contribution in [1.29, 1.82) is 0 Å². The van der Waals surface area contributed by atoms with Crippen LogP contribution < -0.4 is 0 Å². The molecule has 0 saturated carbocycles. The second-order valence-corrected chi connectivity index (χ2v) is 13.7. The van der Waals surface area contributed by atoms with E-state index >= 15 is 0 Å².